The molecule has 0 bridgehead atoms. The Morgan fingerprint density at radius 2 is 1.13 bits per heavy atom. The lowest BCUT2D eigenvalue weighted by molar-refractivity contribution is -0.670. The number of aryl methyl sites for hydroxylation is 2. The van der Waals surface area contributed by atoms with Crippen molar-refractivity contribution >= 4 is 11.3 Å². The first-order valence-electron chi connectivity index (χ1n) is 15.1. The highest BCUT2D eigenvalue weighted by atomic mass is 16.4. The molecule has 0 aliphatic heterocycles. The van der Waals surface area contributed by atoms with E-state index in [0.717, 1.165) is 51.9 Å². The lowest BCUT2D eigenvalue weighted by Gasteiger charge is -2.09. The first-order valence-corrected chi connectivity index (χ1v) is 15.1. The number of aromatic nitrogens is 7. The fourth-order valence-electron chi connectivity index (χ4n) is 5.62. The van der Waals surface area contributed by atoms with Crippen LogP contribution in [0.25, 0.3) is 62.4 Å². The standard InChI is InChI=1S/C37H30N7O2/c1-25-19-20-43(23-25)32-15-11-30(12-16-32)36-40-38-34(45-36)28-7-3-26(4-8-28)27-5-9-29(10-6-27)35-39-41-37(46-35)31-13-17-33(18-14-31)44-22-21-42(2)24-44/h3-13,15-17,19-24H,14,18H2,1-2H3/q+1. The molecule has 0 fully saturated rings. The maximum atomic E-state index is 6.07. The molecule has 1 aliphatic rings. The Kier molecular flexibility index (Phi) is 6.83. The quantitative estimate of drug-likeness (QED) is 0.174. The molecule has 0 amide bonds. The van der Waals surface area contributed by atoms with Gasteiger partial charge >= 0.3 is 0 Å². The molecule has 9 heteroatoms. The summed E-state index contributed by atoms with van der Waals surface area (Å²) < 4.78 is 18.3. The van der Waals surface area contributed by atoms with Gasteiger partial charge in [-0.15, -0.1) is 20.4 Å². The molecule has 0 N–H and O–H groups in total. The molecule has 4 heterocycles. The molecule has 8 rings (SSSR count). The van der Waals surface area contributed by atoms with Gasteiger partial charge in [0, 0.05) is 46.8 Å². The smallest absolute Gasteiger partial charge is 0.248 e. The average Bonchev–Trinajstić information content (AvgIpc) is 3.93. The van der Waals surface area contributed by atoms with Gasteiger partial charge in [-0.2, -0.15) is 0 Å². The van der Waals surface area contributed by atoms with Gasteiger partial charge in [0.1, 0.15) is 18.1 Å². The van der Waals surface area contributed by atoms with E-state index in [0.29, 0.717) is 23.6 Å². The third-order valence-electron chi connectivity index (χ3n) is 8.20. The molecule has 0 saturated heterocycles. The van der Waals surface area contributed by atoms with Crippen LogP contribution in [0.1, 0.15) is 24.3 Å². The fourth-order valence-corrected chi connectivity index (χ4v) is 5.62. The minimum Gasteiger partial charge on any atom is -0.416 e. The van der Waals surface area contributed by atoms with Gasteiger partial charge in [-0.3, -0.25) is 0 Å². The lowest BCUT2D eigenvalue weighted by Crippen LogP contribution is -2.23. The van der Waals surface area contributed by atoms with E-state index in [9.17, 15) is 0 Å². The van der Waals surface area contributed by atoms with Crippen LogP contribution in [0, 0.1) is 6.92 Å². The molecule has 0 unspecified atom stereocenters. The zero-order chi connectivity index (χ0) is 31.0. The topological polar surface area (TPSA) is 91.6 Å². The number of hydrogen-bond acceptors (Lipinski definition) is 6. The van der Waals surface area contributed by atoms with Crippen molar-refractivity contribution in [1.29, 1.82) is 0 Å². The summed E-state index contributed by atoms with van der Waals surface area (Å²) in [7, 11) is 2.02. The van der Waals surface area contributed by atoms with Crippen LogP contribution in [0.15, 0.2) is 131 Å². The van der Waals surface area contributed by atoms with Crippen molar-refractivity contribution in [1.82, 2.24) is 29.5 Å². The highest BCUT2D eigenvalue weighted by Crippen LogP contribution is 2.31. The normalized spacial score (nSPS) is 13.1. The molecule has 224 valence electrons. The van der Waals surface area contributed by atoms with Crippen molar-refractivity contribution in [3.8, 4) is 51.2 Å². The highest BCUT2D eigenvalue weighted by molar-refractivity contribution is 5.71. The number of rotatable bonds is 7. The van der Waals surface area contributed by atoms with Crippen LogP contribution in [0.3, 0.4) is 0 Å². The van der Waals surface area contributed by atoms with E-state index < -0.39 is 0 Å². The Bertz CT molecular complexity index is 2210. The zero-order valence-electron chi connectivity index (χ0n) is 25.4. The van der Waals surface area contributed by atoms with Crippen molar-refractivity contribution < 1.29 is 13.4 Å². The number of nitrogens with zero attached hydrogens (tertiary/aromatic N) is 7. The molecule has 3 aromatic carbocycles. The predicted molar refractivity (Wildman–Crippen MR) is 175 cm³/mol. The minimum atomic E-state index is 0.479. The average molecular weight is 605 g/mol. The third-order valence-corrected chi connectivity index (χ3v) is 8.20. The molecule has 0 radical (unpaired) electrons. The van der Waals surface area contributed by atoms with Crippen molar-refractivity contribution in [2.24, 2.45) is 7.05 Å². The monoisotopic (exact) mass is 604 g/mol. The summed E-state index contributed by atoms with van der Waals surface area (Å²) in [6, 6.07) is 26.4. The van der Waals surface area contributed by atoms with Crippen LogP contribution >= 0.6 is 0 Å². The molecular weight excluding hydrogens is 574 g/mol. The van der Waals surface area contributed by atoms with Crippen molar-refractivity contribution in [2.45, 2.75) is 19.8 Å². The largest absolute Gasteiger partial charge is 0.416 e. The summed E-state index contributed by atoms with van der Waals surface area (Å²) in [6.45, 7) is 2.08. The van der Waals surface area contributed by atoms with E-state index in [2.05, 4.69) is 97.7 Å². The predicted octanol–water partition coefficient (Wildman–Crippen LogP) is 7.56. The number of allylic oxidation sites excluding steroid dienone is 4. The second-order valence-electron chi connectivity index (χ2n) is 11.5. The lowest BCUT2D eigenvalue weighted by atomic mass is 10.0. The van der Waals surface area contributed by atoms with E-state index in [-0.39, 0.29) is 0 Å². The van der Waals surface area contributed by atoms with Crippen molar-refractivity contribution in [3.05, 3.63) is 134 Å². The Hall–Kier alpha value is -6.09. The van der Waals surface area contributed by atoms with Gasteiger partial charge < -0.3 is 13.4 Å². The van der Waals surface area contributed by atoms with Crippen molar-refractivity contribution in [3.63, 3.8) is 0 Å². The van der Waals surface area contributed by atoms with Crippen molar-refractivity contribution in [2.75, 3.05) is 0 Å². The molecule has 9 nitrogen and oxygen atoms in total. The van der Waals surface area contributed by atoms with E-state index in [1.807, 2.05) is 72.5 Å². The summed E-state index contributed by atoms with van der Waals surface area (Å²) in [6.07, 6.45) is 16.2. The maximum Gasteiger partial charge on any atom is 0.248 e. The van der Waals surface area contributed by atoms with Crippen LogP contribution in [-0.4, -0.2) is 29.5 Å². The number of imidazole rings is 1. The Morgan fingerprint density at radius 1 is 0.587 bits per heavy atom. The molecular formula is C37H30N7O2+. The minimum absolute atomic E-state index is 0.479. The number of hydrogen-bond donors (Lipinski definition) is 0. The summed E-state index contributed by atoms with van der Waals surface area (Å²) in [5.41, 5.74) is 9.33. The van der Waals surface area contributed by atoms with Crippen LogP contribution in [0.2, 0.25) is 0 Å². The van der Waals surface area contributed by atoms with Crippen LogP contribution in [0.5, 0.6) is 0 Å². The highest BCUT2D eigenvalue weighted by Gasteiger charge is 2.18. The van der Waals surface area contributed by atoms with E-state index in [4.69, 9.17) is 8.83 Å². The maximum absolute atomic E-state index is 6.07. The molecule has 0 atom stereocenters. The fraction of sp³-hybridized carbons (Fsp3) is 0.108. The van der Waals surface area contributed by atoms with Crippen LogP contribution < -0.4 is 4.57 Å². The molecule has 1 aliphatic carbocycles. The Balaban J connectivity index is 0.937. The van der Waals surface area contributed by atoms with Crippen LogP contribution in [0.4, 0.5) is 0 Å². The first-order chi connectivity index (χ1) is 22.6. The van der Waals surface area contributed by atoms with Gasteiger partial charge in [0.05, 0.1) is 7.05 Å². The molecule has 46 heavy (non-hydrogen) atoms. The zero-order valence-corrected chi connectivity index (χ0v) is 25.4. The SMILES string of the molecule is Cc1ccn(-c2ccc(-c3nnc(-c4ccc(-c5ccc(-c6nnc(C7=CC=C(n8cc[n+](C)c8)CC7)o6)cc5)cc4)o3)cc2)c1. The van der Waals surface area contributed by atoms with E-state index in [1.54, 1.807) is 0 Å². The van der Waals surface area contributed by atoms with Gasteiger partial charge in [-0.25, -0.2) is 9.13 Å². The number of benzene rings is 3. The summed E-state index contributed by atoms with van der Waals surface area (Å²) in [4.78, 5) is 0. The molecule has 4 aromatic heterocycles. The molecule has 0 saturated carbocycles. The second kappa shape index (κ2) is 11.4. The van der Waals surface area contributed by atoms with Gasteiger partial charge in [-0.05, 0) is 96.8 Å². The van der Waals surface area contributed by atoms with E-state index in [1.165, 1.54) is 11.3 Å². The molecule has 7 aromatic rings. The first kappa shape index (κ1) is 27.5. The van der Waals surface area contributed by atoms with Crippen LogP contribution in [-0.2, 0) is 7.05 Å². The summed E-state index contributed by atoms with van der Waals surface area (Å²) in [5.74, 6) is 2.04. The summed E-state index contributed by atoms with van der Waals surface area (Å²) >= 11 is 0. The molecule has 0 spiro atoms. The second-order valence-corrected chi connectivity index (χ2v) is 11.5. The third kappa shape index (κ3) is 5.39. The van der Waals surface area contributed by atoms with Gasteiger partial charge in [-0.1, -0.05) is 24.3 Å². The van der Waals surface area contributed by atoms with Gasteiger partial charge in [0.25, 0.3) is 0 Å². The van der Waals surface area contributed by atoms with E-state index >= 15 is 0 Å². The van der Waals surface area contributed by atoms with Gasteiger partial charge in [0.15, 0.2) is 0 Å². The summed E-state index contributed by atoms with van der Waals surface area (Å²) in [5, 5.41) is 17.2. The van der Waals surface area contributed by atoms with Gasteiger partial charge in [0.2, 0.25) is 29.9 Å². The Labute approximate surface area is 265 Å². The Morgan fingerprint density at radius 3 is 1.63 bits per heavy atom.